The number of likely N-dealkylation sites (tertiary alicyclic amines) is 1. The summed E-state index contributed by atoms with van der Waals surface area (Å²) in [7, 11) is 0. The van der Waals surface area contributed by atoms with Gasteiger partial charge in [-0.3, -0.25) is 19.7 Å². The van der Waals surface area contributed by atoms with Crippen molar-refractivity contribution in [2.45, 2.75) is 18.4 Å². The first kappa shape index (κ1) is 19.4. The molecule has 4 heterocycles. The molecule has 1 saturated heterocycles. The number of fused-ring (bicyclic) bond motifs is 1. The molecule has 4 rings (SSSR count). The second-order valence-electron chi connectivity index (χ2n) is 6.82. The molecule has 2 N–H and O–H groups in total. The molecular formula is C19H15F2N7O2. The Morgan fingerprint density at radius 2 is 2.13 bits per heavy atom. The first-order chi connectivity index (χ1) is 14.4. The molecule has 1 aliphatic heterocycles. The summed E-state index contributed by atoms with van der Waals surface area (Å²) in [5, 5.41) is 18.8. The van der Waals surface area contributed by atoms with Crippen molar-refractivity contribution in [1.29, 1.82) is 5.26 Å². The van der Waals surface area contributed by atoms with Crippen LogP contribution in [0.15, 0.2) is 36.9 Å². The van der Waals surface area contributed by atoms with E-state index in [1.165, 1.54) is 18.5 Å². The highest BCUT2D eigenvalue weighted by Gasteiger charge is 2.47. The van der Waals surface area contributed by atoms with Gasteiger partial charge < -0.3 is 10.2 Å². The molecule has 2 amide bonds. The summed E-state index contributed by atoms with van der Waals surface area (Å²) in [6.45, 7) is -1.34. The zero-order chi connectivity index (χ0) is 21.3. The summed E-state index contributed by atoms with van der Waals surface area (Å²) >= 11 is 0. The summed E-state index contributed by atoms with van der Waals surface area (Å²) in [4.78, 5) is 34.1. The summed E-state index contributed by atoms with van der Waals surface area (Å²) in [5.41, 5.74) is 1.95. The third-order valence-corrected chi connectivity index (χ3v) is 4.85. The highest BCUT2D eigenvalue weighted by molar-refractivity contribution is 6.05. The zero-order valence-corrected chi connectivity index (χ0v) is 15.5. The summed E-state index contributed by atoms with van der Waals surface area (Å²) in [5.74, 6) is -4.44. The number of hydrogen-bond donors (Lipinski definition) is 2. The van der Waals surface area contributed by atoms with E-state index in [4.69, 9.17) is 5.26 Å². The van der Waals surface area contributed by atoms with Crippen LogP contribution in [0.1, 0.15) is 16.8 Å². The maximum atomic E-state index is 13.5. The highest BCUT2D eigenvalue weighted by Crippen LogP contribution is 2.32. The topological polar surface area (TPSA) is 128 Å². The van der Waals surface area contributed by atoms with Crippen LogP contribution in [-0.4, -0.2) is 61.9 Å². The molecule has 0 bridgehead atoms. The number of hydrogen-bond acceptors (Lipinski definition) is 6. The Morgan fingerprint density at radius 1 is 1.30 bits per heavy atom. The number of aromatic nitrogens is 4. The second kappa shape index (κ2) is 7.47. The van der Waals surface area contributed by atoms with Gasteiger partial charge in [0.2, 0.25) is 5.91 Å². The first-order valence-corrected chi connectivity index (χ1v) is 8.97. The Labute approximate surface area is 168 Å². The molecular weight excluding hydrogens is 396 g/mol. The van der Waals surface area contributed by atoms with Gasteiger partial charge in [-0.05, 0) is 17.7 Å². The Morgan fingerprint density at radius 3 is 2.93 bits per heavy atom. The summed E-state index contributed by atoms with van der Waals surface area (Å²) in [6, 6.07) is 3.69. The molecule has 0 radical (unpaired) electrons. The number of carbonyl (C=O) groups excluding carboxylic acids is 2. The van der Waals surface area contributed by atoms with Crippen LogP contribution in [0.4, 0.5) is 8.78 Å². The third kappa shape index (κ3) is 3.55. The van der Waals surface area contributed by atoms with E-state index in [2.05, 4.69) is 25.5 Å². The van der Waals surface area contributed by atoms with Gasteiger partial charge in [0.1, 0.15) is 6.04 Å². The minimum atomic E-state index is -3.12. The number of nitrogens with one attached hydrogen (secondary N) is 2. The number of nitriles is 1. The SMILES string of the molecule is N#CC1CC(F)(F)CN1C(=O)CNC(=O)c1ccncc1-c1ccnc2[nH]ncc12. The lowest BCUT2D eigenvalue weighted by Crippen LogP contribution is -2.43. The van der Waals surface area contributed by atoms with Crippen LogP contribution in [0.5, 0.6) is 0 Å². The van der Waals surface area contributed by atoms with Crippen LogP contribution in [0.2, 0.25) is 0 Å². The molecule has 3 aromatic rings. The van der Waals surface area contributed by atoms with Gasteiger partial charge in [-0.1, -0.05) is 0 Å². The Balaban J connectivity index is 1.54. The number of rotatable bonds is 4. The molecule has 0 saturated carbocycles. The lowest BCUT2D eigenvalue weighted by molar-refractivity contribution is -0.131. The van der Waals surface area contributed by atoms with Crippen molar-refractivity contribution in [3.8, 4) is 17.2 Å². The average molecular weight is 411 g/mol. The molecule has 152 valence electrons. The van der Waals surface area contributed by atoms with Gasteiger partial charge in [0.25, 0.3) is 11.8 Å². The summed E-state index contributed by atoms with van der Waals surface area (Å²) < 4.78 is 27.1. The lowest BCUT2D eigenvalue weighted by atomic mass is 10.0. The van der Waals surface area contributed by atoms with E-state index in [-0.39, 0.29) is 5.56 Å². The second-order valence-corrected chi connectivity index (χ2v) is 6.82. The normalized spacial score (nSPS) is 17.6. The van der Waals surface area contributed by atoms with E-state index in [1.807, 2.05) is 0 Å². The van der Waals surface area contributed by atoms with Gasteiger partial charge in [0, 0.05) is 36.0 Å². The molecule has 9 nitrogen and oxygen atoms in total. The number of aromatic amines is 1. The fourth-order valence-corrected chi connectivity index (χ4v) is 3.44. The van der Waals surface area contributed by atoms with Gasteiger partial charge in [-0.15, -0.1) is 0 Å². The van der Waals surface area contributed by atoms with Crippen molar-refractivity contribution in [2.24, 2.45) is 0 Å². The predicted octanol–water partition coefficient (Wildman–Crippen LogP) is 1.51. The molecule has 30 heavy (non-hydrogen) atoms. The van der Waals surface area contributed by atoms with E-state index in [0.29, 0.717) is 22.2 Å². The molecule has 1 unspecified atom stereocenters. The lowest BCUT2D eigenvalue weighted by Gasteiger charge is -2.19. The van der Waals surface area contributed by atoms with Crippen LogP contribution < -0.4 is 5.32 Å². The number of alkyl halides is 2. The van der Waals surface area contributed by atoms with E-state index < -0.39 is 43.3 Å². The van der Waals surface area contributed by atoms with Gasteiger partial charge in [0.05, 0.1) is 30.9 Å². The molecule has 0 aliphatic carbocycles. The van der Waals surface area contributed by atoms with Crippen molar-refractivity contribution < 1.29 is 18.4 Å². The van der Waals surface area contributed by atoms with Crippen LogP contribution in [-0.2, 0) is 4.79 Å². The van der Waals surface area contributed by atoms with Crippen LogP contribution in [0.25, 0.3) is 22.2 Å². The molecule has 1 aliphatic rings. The average Bonchev–Trinajstić information content (AvgIpc) is 3.35. The van der Waals surface area contributed by atoms with E-state index in [9.17, 15) is 18.4 Å². The predicted molar refractivity (Wildman–Crippen MR) is 100 cm³/mol. The Kier molecular flexibility index (Phi) is 4.83. The number of nitrogens with zero attached hydrogens (tertiary/aromatic N) is 5. The molecule has 3 aromatic heterocycles. The van der Waals surface area contributed by atoms with Crippen LogP contribution in [0, 0.1) is 11.3 Å². The van der Waals surface area contributed by atoms with Crippen molar-refractivity contribution in [3.05, 3.63) is 42.5 Å². The maximum absolute atomic E-state index is 13.5. The smallest absolute Gasteiger partial charge is 0.268 e. The number of H-pyrrole nitrogens is 1. The fraction of sp³-hybridized carbons (Fsp3) is 0.263. The minimum absolute atomic E-state index is 0.245. The van der Waals surface area contributed by atoms with E-state index in [0.717, 1.165) is 4.90 Å². The van der Waals surface area contributed by atoms with Crippen molar-refractivity contribution in [1.82, 2.24) is 30.4 Å². The molecule has 0 spiro atoms. The number of halogens is 2. The Bertz CT molecular complexity index is 1170. The standard InChI is InChI=1S/C19H15F2N7O2/c20-19(21)5-11(6-22)28(10-19)16(29)9-25-18(30)13-1-3-23-7-14(13)12-2-4-24-17-15(12)8-26-27-17/h1-4,7-8,11H,5,9-10H2,(H,25,30)(H,24,26,27). The van der Waals surface area contributed by atoms with Gasteiger partial charge in [-0.2, -0.15) is 10.4 Å². The quantitative estimate of drug-likeness (QED) is 0.670. The van der Waals surface area contributed by atoms with Crippen molar-refractivity contribution in [2.75, 3.05) is 13.1 Å². The molecule has 11 heteroatoms. The van der Waals surface area contributed by atoms with E-state index in [1.54, 1.807) is 24.5 Å². The zero-order valence-electron chi connectivity index (χ0n) is 15.5. The molecule has 1 atom stereocenters. The fourth-order valence-electron chi connectivity index (χ4n) is 3.44. The summed E-state index contributed by atoms with van der Waals surface area (Å²) in [6.07, 6.45) is 5.36. The number of carbonyl (C=O) groups is 2. The monoisotopic (exact) mass is 411 g/mol. The minimum Gasteiger partial charge on any atom is -0.343 e. The van der Waals surface area contributed by atoms with Gasteiger partial charge in [0.15, 0.2) is 5.65 Å². The molecule has 1 fully saturated rings. The Hall–Kier alpha value is -3.94. The first-order valence-electron chi connectivity index (χ1n) is 8.97. The number of amides is 2. The highest BCUT2D eigenvalue weighted by atomic mass is 19.3. The van der Waals surface area contributed by atoms with Crippen LogP contribution in [0.3, 0.4) is 0 Å². The van der Waals surface area contributed by atoms with E-state index >= 15 is 0 Å². The third-order valence-electron chi connectivity index (χ3n) is 4.85. The number of pyridine rings is 2. The van der Waals surface area contributed by atoms with Crippen molar-refractivity contribution >= 4 is 22.8 Å². The molecule has 0 aromatic carbocycles. The van der Waals surface area contributed by atoms with Crippen molar-refractivity contribution in [3.63, 3.8) is 0 Å². The largest absolute Gasteiger partial charge is 0.343 e. The van der Waals surface area contributed by atoms with Gasteiger partial charge in [-0.25, -0.2) is 13.8 Å². The maximum Gasteiger partial charge on any atom is 0.268 e. The van der Waals surface area contributed by atoms with Gasteiger partial charge >= 0.3 is 0 Å². The van der Waals surface area contributed by atoms with Crippen LogP contribution >= 0.6 is 0 Å².